The Morgan fingerprint density at radius 2 is 1.77 bits per heavy atom. The number of anilines is 3. The van der Waals surface area contributed by atoms with Crippen molar-refractivity contribution in [2.75, 3.05) is 29.5 Å². The number of aryl methyl sites for hydroxylation is 2. The molecule has 2 aromatic carbocycles. The number of nitrogens with one attached hydrogen (secondary N) is 2. The number of nitrogens with two attached hydrogens (primary N) is 1. The van der Waals surface area contributed by atoms with Gasteiger partial charge in [-0.3, -0.25) is 4.79 Å². The summed E-state index contributed by atoms with van der Waals surface area (Å²) >= 11 is 0. The van der Waals surface area contributed by atoms with E-state index in [0.717, 1.165) is 29.5 Å². The van der Waals surface area contributed by atoms with Crippen molar-refractivity contribution in [3.05, 3.63) is 65.6 Å². The molecule has 202 valence electrons. The number of carbonyl (C=O) groups excluding carboxylic acids is 2. The van der Waals surface area contributed by atoms with Crippen LogP contribution in [-0.2, 0) is 17.3 Å². The molecule has 2 heterocycles. The van der Waals surface area contributed by atoms with E-state index in [1.54, 1.807) is 36.0 Å². The zero-order chi connectivity index (χ0) is 27.9. The summed E-state index contributed by atoms with van der Waals surface area (Å²) < 4.78 is 15.7. The van der Waals surface area contributed by atoms with E-state index in [0.29, 0.717) is 41.3 Å². The van der Waals surface area contributed by atoms with Crippen LogP contribution in [0.1, 0.15) is 37.9 Å². The van der Waals surface area contributed by atoms with Crippen molar-refractivity contribution in [3.63, 3.8) is 0 Å². The summed E-state index contributed by atoms with van der Waals surface area (Å²) in [5.74, 6) is -0.0650. The number of rotatable bonds is 7. The molecule has 4 aromatic rings. The van der Waals surface area contributed by atoms with Gasteiger partial charge < -0.3 is 21.3 Å². The molecule has 2 aromatic heterocycles. The van der Waals surface area contributed by atoms with Crippen molar-refractivity contribution in [1.82, 2.24) is 19.7 Å². The molecule has 1 aliphatic carbocycles. The molecule has 1 aliphatic rings. The summed E-state index contributed by atoms with van der Waals surface area (Å²) in [6, 6.07) is 13.2. The maximum Gasteiger partial charge on any atom is 0.323 e. The average molecular weight is 530 g/mol. The topological polar surface area (TPSA) is 118 Å². The van der Waals surface area contributed by atoms with Gasteiger partial charge in [-0.05, 0) is 80.6 Å². The van der Waals surface area contributed by atoms with E-state index in [1.807, 2.05) is 43.9 Å². The number of amides is 3. The maximum atomic E-state index is 14.0. The monoisotopic (exact) mass is 529 g/mol. The van der Waals surface area contributed by atoms with Crippen LogP contribution >= 0.6 is 0 Å². The molecular formula is C29H32FN7O2. The molecule has 5 rings (SSSR count). The highest BCUT2D eigenvalue weighted by molar-refractivity contribution is 6.03. The number of urea groups is 1. The predicted molar refractivity (Wildman–Crippen MR) is 151 cm³/mol. The predicted octanol–water partition coefficient (Wildman–Crippen LogP) is 5.21. The van der Waals surface area contributed by atoms with E-state index in [1.165, 1.54) is 6.07 Å². The molecular weight excluding hydrogens is 497 g/mol. The van der Waals surface area contributed by atoms with Gasteiger partial charge in [-0.1, -0.05) is 18.2 Å². The summed E-state index contributed by atoms with van der Waals surface area (Å²) in [5, 5.41) is 10.4. The molecule has 1 saturated carbocycles. The molecule has 0 aliphatic heterocycles. The Bertz CT molecular complexity index is 1570. The molecule has 1 fully saturated rings. The molecule has 0 unspecified atom stereocenters. The van der Waals surface area contributed by atoms with Crippen molar-refractivity contribution in [2.45, 2.75) is 39.0 Å². The number of nitrogen functional groups attached to an aromatic ring is 1. The van der Waals surface area contributed by atoms with Gasteiger partial charge in [-0.15, -0.1) is 0 Å². The van der Waals surface area contributed by atoms with Crippen LogP contribution in [0.15, 0.2) is 48.5 Å². The molecule has 3 amide bonds. The second-order valence-corrected chi connectivity index (χ2v) is 9.96. The highest BCUT2D eigenvalue weighted by atomic mass is 19.1. The lowest BCUT2D eigenvalue weighted by molar-refractivity contribution is -0.133. The third-order valence-electron chi connectivity index (χ3n) is 7.34. The Kier molecular flexibility index (Phi) is 6.71. The van der Waals surface area contributed by atoms with Gasteiger partial charge in [0, 0.05) is 25.8 Å². The zero-order valence-corrected chi connectivity index (χ0v) is 22.5. The van der Waals surface area contributed by atoms with Crippen molar-refractivity contribution in [3.8, 4) is 11.1 Å². The van der Waals surface area contributed by atoms with E-state index >= 15 is 0 Å². The number of pyridine rings is 1. The first kappa shape index (κ1) is 26.1. The first-order chi connectivity index (χ1) is 18.7. The highest BCUT2D eigenvalue weighted by Gasteiger charge is 2.54. The largest absolute Gasteiger partial charge is 0.382 e. The smallest absolute Gasteiger partial charge is 0.323 e. The van der Waals surface area contributed by atoms with Crippen LogP contribution in [0.4, 0.5) is 26.4 Å². The zero-order valence-electron chi connectivity index (χ0n) is 22.5. The number of likely N-dealkylation sites (N-methyl/N-ethyl adjacent to an activating group) is 1. The van der Waals surface area contributed by atoms with Gasteiger partial charge in [-0.2, -0.15) is 5.10 Å². The SMILES string of the molecule is CCN(CC)C(=O)C1(c2cc(-c3ccc(NC(=O)Nc4cc(C)ccc4F)cc3)c3c(N)nn(C)c3n2)CC1. The highest BCUT2D eigenvalue weighted by Crippen LogP contribution is 2.50. The molecule has 0 radical (unpaired) electrons. The summed E-state index contributed by atoms with van der Waals surface area (Å²) in [6.07, 6.45) is 1.49. The van der Waals surface area contributed by atoms with Gasteiger partial charge in [0.15, 0.2) is 11.5 Å². The molecule has 0 saturated heterocycles. The number of hydrogen-bond donors (Lipinski definition) is 3. The van der Waals surface area contributed by atoms with Crippen molar-refractivity contribution >= 4 is 40.2 Å². The number of nitrogens with zero attached hydrogens (tertiary/aromatic N) is 4. The minimum absolute atomic E-state index is 0.0936. The van der Waals surface area contributed by atoms with Gasteiger partial charge in [0.2, 0.25) is 5.91 Å². The molecule has 9 nitrogen and oxygen atoms in total. The number of carbonyl (C=O) groups is 2. The summed E-state index contributed by atoms with van der Waals surface area (Å²) in [6.45, 7) is 7.07. The van der Waals surface area contributed by atoms with E-state index < -0.39 is 17.3 Å². The summed E-state index contributed by atoms with van der Waals surface area (Å²) in [5.41, 5.74) is 10.1. The molecule has 0 atom stereocenters. The maximum absolute atomic E-state index is 14.0. The Hall–Kier alpha value is -4.47. The van der Waals surface area contributed by atoms with E-state index in [2.05, 4.69) is 15.7 Å². The van der Waals surface area contributed by atoms with Gasteiger partial charge >= 0.3 is 6.03 Å². The number of hydrogen-bond acceptors (Lipinski definition) is 5. The minimum atomic E-state index is -0.640. The molecule has 10 heteroatoms. The van der Waals surface area contributed by atoms with Crippen LogP contribution in [0.5, 0.6) is 0 Å². The Labute approximate surface area is 226 Å². The first-order valence-electron chi connectivity index (χ1n) is 13.0. The first-order valence-corrected chi connectivity index (χ1v) is 13.0. The van der Waals surface area contributed by atoms with Crippen LogP contribution in [0.25, 0.3) is 22.2 Å². The number of fused-ring (bicyclic) bond motifs is 1. The van der Waals surface area contributed by atoms with E-state index in [9.17, 15) is 14.0 Å². The van der Waals surface area contributed by atoms with Crippen LogP contribution in [0.2, 0.25) is 0 Å². The van der Waals surface area contributed by atoms with Gasteiger partial charge in [0.1, 0.15) is 5.82 Å². The molecule has 4 N–H and O–H groups in total. The quantitative estimate of drug-likeness (QED) is 0.304. The minimum Gasteiger partial charge on any atom is -0.382 e. The lowest BCUT2D eigenvalue weighted by atomic mass is 9.94. The molecule has 0 spiro atoms. The van der Waals surface area contributed by atoms with Crippen LogP contribution in [-0.4, -0.2) is 44.7 Å². The summed E-state index contributed by atoms with van der Waals surface area (Å²) in [7, 11) is 1.79. The van der Waals surface area contributed by atoms with Gasteiger partial charge in [0.05, 0.1) is 22.2 Å². The number of benzene rings is 2. The lowest BCUT2D eigenvalue weighted by Crippen LogP contribution is -2.39. The van der Waals surface area contributed by atoms with Crippen molar-refractivity contribution in [2.24, 2.45) is 7.05 Å². The molecule has 39 heavy (non-hydrogen) atoms. The van der Waals surface area contributed by atoms with Crippen LogP contribution in [0.3, 0.4) is 0 Å². The third kappa shape index (κ3) is 4.78. The van der Waals surface area contributed by atoms with Gasteiger partial charge in [0.25, 0.3) is 0 Å². The summed E-state index contributed by atoms with van der Waals surface area (Å²) in [4.78, 5) is 32.7. The van der Waals surface area contributed by atoms with E-state index in [-0.39, 0.29) is 11.6 Å². The third-order valence-corrected chi connectivity index (χ3v) is 7.34. The second-order valence-electron chi connectivity index (χ2n) is 9.96. The van der Waals surface area contributed by atoms with Crippen molar-refractivity contribution in [1.29, 1.82) is 0 Å². The van der Waals surface area contributed by atoms with Crippen LogP contribution < -0.4 is 16.4 Å². The fourth-order valence-electron chi connectivity index (χ4n) is 5.02. The lowest BCUT2D eigenvalue weighted by Gasteiger charge is -2.25. The standard InChI is InChI=1S/C29H32FN7O2/c1-5-37(6-2)27(38)29(13-14-29)23-16-20(24-25(31)35-36(4)26(24)34-23)18-8-10-19(11-9-18)32-28(39)33-22-15-17(3)7-12-21(22)30/h7-12,15-16H,5-6,13-14H2,1-4H3,(H2,31,35)(H2,32,33,39). The Morgan fingerprint density at radius 1 is 1.08 bits per heavy atom. The Morgan fingerprint density at radius 3 is 2.41 bits per heavy atom. The normalized spacial score (nSPS) is 13.8. The average Bonchev–Trinajstić information content (AvgIpc) is 3.68. The Balaban J connectivity index is 1.46. The second kappa shape index (κ2) is 10.0. The molecule has 0 bridgehead atoms. The number of halogens is 1. The fourth-order valence-corrected chi connectivity index (χ4v) is 5.02. The van der Waals surface area contributed by atoms with Gasteiger partial charge in [-0.25, -0.2) is 18.9 Å². The van der Waals surface area contributed by atoms with Crippen LogP contribution in [0, 0.1) is 12.7 Å². The fraction of sp³-hybridized carbons (Fsp3) is 0.310. The van der Waals surface area contributed by atoms with Crippen molar-refractivity contribution < 1.29 is 14.0 Å². The number of aromatic nitrogens is 3. The van der Waals surface area contributed by atoms with E-state index in [4.69, 9.17) is 10.7 Å².